The van der Waals surface area contributed by atoms with E-state index in [9.17, 15) is 13.2 Å². The molecule has 1 aromatic rings. The van der Waals surface area contributed by atoms with Crippen LogP contribution in [0.1, 0.15) is 37.7 Å². The van der Waals surface area contributed by atoms with E-state index < -0.39 is 17.3 Å². The Bertz CT molecular complexity index is 369. The van der Waals surface area contributed by atoms with Gasteiger partial charge in [-0.05, 0) is 12.3 Å². The quantitative estimate of drug-likeness (QED) is 0.657. The highest BCUT2D eigenvalue weighted by atomic mass is 19.4. The summed E-state index contributed by atoms with van der Waals surface area (Å²) in [5.74, 6) is 0. The summed E-state index contributed by atoms with van der Waals surface area (Å²) in [6.07, 6.45) is -4.38. The number of rotatable bonds is 0. The van der Waals surface area contributed by atoms with Crippen molar-refractivity contribution in [3.8, 4) is 0 Å². The Balaban J connectivity index is 3.48. The van der Waals surface area contributed by atoms with Gasteiger partial charge in [-0.2, -0.15) is 18.3 Å². The molecule has 0 aliphatic carbocycles. The zero-order valence-corrected chi connectivity index (χ0v) is 9.53. The number of nitrogens with zero attached hydrogens (tertiary/aromatic N) is 2. The molecule has 1 heterocycles. The minimum atomic E-state index is -4.38. The molecule has 86 valence electrons. The van der Waals surface area contributed by atoms with Gasteiger partial charge in [0.2, 0.25) is 0 Å². The average Bonchev–Trinajstić information content (AvgIpc) is 2.25. The molecular weight excluding hydrogens is 205 g/mol. The normalized spacial score (nSPS) is 13.3. The molecule has 15 heavy (non-hydrogen) atoms. The van der Waals surface area contributed by atoms with Gasteiger partial charge in [-0.3, -0.25) is 4.68 Å². The van der Waals surface area contributed by atoms with Gasteiger partial charge in [-0.15, -0.1) is 0 Å². The fourth-order valence-corrected chi connectivity index (χ4v) is 1.70. The number of aromatic nitrogens is 2. The summed E-state index contributed by atoms with van der Waals surface area (Å²) < 4.78 is 39.4. The predicted molar refractivity (Wildman–Crippen MR) is 51.6 cm³/mol. The SMILES string of the molecule is Cc1c(C(C)(C)C)c(C(F)(F)F)nn1C. The molecule has 0 saturated carbocycles. The lowest BCUT2D eigenvalue weighted by atomic mass is 9.85. The van der Waals surface area contributed by atoms with Gasteiger partial charge in [-0.25, -0.2) is 0 Å². The van der Waals surface area contributed by atoms with Crippen molar-refractivity contribution in [1.29, 1.82) is 0 Å². The van der Waals surface area contributed by atoms with Gasteiger partial charge < -0.3 is 0 Å². The Morgan fingerprint density at radius 2 is 1.60 bits per heavy atom. The molecule has 2 nitrogen and oxygen atoms in total. The van der Waals surface area contributed by atoms with E-state index in [1.165, 1.54) is 11.7 Å². The van der Waals surface area contributed by atoms with Gasteiger partial charge in [0.1, 0.15) is 0 Å². The van der Waals surface area contributed by atoms with Crippen LogP contribution in [0.4, 0.5) is 13.2 Å². The second kappa shape index (κ2) is 3.25. The standard InChI is InChI=1S/C10H15F3N2/c1-6-7(9(2,3)4)8(10(11,12)13)14-15(6)5/h1-5H3. The van der Waals surface area contributed by atoms with E-state index in [0.717, 1.165) is 0 Å². The molecule has 5 heteroatoms. The van der Waals surface area contributed by atoms with Crippen molar-refractivity contribution in [2.24, 2.45) is 7.05 Å². The second-order valence-corrected chi connectivity index (χ2v) is 4.68. The maximum Gasteiger partial charge on any atom is 0.435 e. The van der Waals surface area contributed by atoms with Gasteiger partial charge in [0.25, 0.3) is 0 Å². The molecule has 0 unspecified atom stereocenters. The van der Waals surface area contributed by atoms with Crippen molar-refractivity contribution in [3.05, 3.63) is 17.0 Å². The molecule has 0 amide bonds. The topological polar surface area (TPSA) is 17.8 Å². The van der Waals surface area contributed by atoms with E-state index in [4.69, 9.17) is 0 Å². The van der Waals surface area contributed by atoms with E-state index in [0.29, 0.717) is 5.69 Å². The molecular formula is C10H15F3N2. The van der Waals surface area contributed by atoms with Gasteiger partial charge in [0, 0.05) is 18.3 Å². The molecule has 0 saturated heterocycles. The summed E-state index contributed by atoms with van der Waals surface area (Å²) in [5, 5.41) is 3.54. The zero-order valence-electron chi connectivity index (χ0n) is 9.53. The minimum Gasteiger partial charge on any atom is -0.272 e. The lowest BCUT2D eigenvalue weighted by Crippen LogP contribution is -2.19. The summed E-state index contributed by atoms with van der Waals surface area (Å²) in [7, 11) is 1.53. The van der Waals surface area contributed by atoms with Crippen LogP contribution in [-0.4, -0.2) is 9.78 Å². The smallest absolute Gasteiger partial charge is 0.272 e. The van der Waals surface area contributed by atoms with Gasteiger partial charge >= 0.3 is 6.18 Å². The van der Waals surface area contributed by atoms with E-state index in [-0.39, 0.29) is 5.56 Å². The summed E-state index contributed by atoms with van der Waals surface area (Å²) in [6.45, 7) is 6.92. The molecule has 1 rings (SSSR count). The van der Waals surface area contributed by atoms with Crippen molar-refractivity contribution >= 4 is 0 Å². The van der Waals surface area contributed by atoms with Crippen molar-refractivity contribution < 1.29 is 13.2 Å². The van der Waals surface area contributed by atoms with Crippen LogP contribution in [0.3, 0.4) is 0 Å². The molecule has 0 fully saturated rings. The minimum absolute atomic E-state index is 0.275. The molecule has 0 bridgehead atoms. The first-order valence-corrected chi connectivity index (χ1v) is 4.66. The van der Waals surface area contributed by atoms with Crippen LogP contribution in [0.5, 0.6) is 0 Å². The van der Waals surface area contributed by atoms with Gasteiger partial charge in [-0.1, -0.05) is 20.8 Å². The third-order valence-electron chi connectivity index (χ3n) is 2.35. The fraction of sp³-hybridized carbons (Fsp3) is 0.700. The Hall–Kier alpha value is -1.00. The van der Waals surface area contributed by atoms with Crippen LogP contribution in [0.15, 0.2) is 0 Å². The molecule has 0 spiro atoms. The molecule has 0 atom stereocenters. The lowest BCUT2D eigenvalue weighted by Gasteiger charge is -2.20. The number of hydrogen-bond acceptors (Lipinski definition) is 1. The molecule has 0 aromatic carbocycles. The number of halogens is 3. The molecule has 1 aromatic heterocycles. The third kappa shape index (κ3) is 2.16. The summed E-state index contributed by atoms with van der Waals surface area (Å²) in [4.78, 5) is 0. The predicted octanol–water partition coefficient (Wildman–Crippen LogP) is 3.04. The van der Waals surface area contributed by atoms with Crippen molar-refractivity contribution in [2.45, 2.75) is 39.3 Å². The average molecular weight is 220 g/mol. The van der Waals surface area contributed by atoms with Crippen LogP contribution < -0.4 is 0 Å². The van der Waals surface area contributed by atoms with Crippen LogP contribution in [0.25, 0.3) is 0 Å². The van der Waals surface area contributed by atoms with Crippen LogP contribution >= 0.6 is 0 Å². The largest absolute Gasteiger partial charge is 0.435 e. The van der Waals surface area contributed by atoms with Crippen LogP contribution in [-0.2, 0) is 18.6 Å². The highest BCUT2D eigenvalue weighted by molar-refractivity contribution is 5.33. The van der Waals surface area contributed by atoms with Crippen LogP contribution in [0.2, 0.25) is 0 Å². The summed E-state index contributed by atoms with van der Waals surface area (Å²) >= 11 is 0. The van der Waals surface area contributed by atoms with Crippen LogP contribution in [0, 0.1) is 6.92 Å². The molecule has 0 N–H and O–H groups in total. The number of hydrogen-bond donors (Lipinski definition) is 0. The fourth-order valence-electron chi connectivity index (χ4n) is 1.70. The zero-order chi connectivity index (χ0) is 12.0. The molecule has 0 aliphatic heterocycles. The highest BCUT2D eigenvalue weighted by Crippen LogP contribution is 2.38. The van der Waals surface area contributed by atoms with Gasteiger partial charge in [0.15, 0.2) is 5.69 Å². The van der Waals surface area contributed by atoms with E-state index in [2.05, 4.69) is 5.10 Å². The third-order valence-corrected chi connectivity index (χ3v) is 2.35. The highest BCUT2D eigenvalue weighted by Gasteiger charge is 2.41. The van der Waals surface area contributed by atoms with E-state index in [1.807, 2.05) is 0 Å². The van der Waals surface area contributed by atoms with E-state index in [1.54, 1.807) is 27.7 Å². The Morgan fingerprint density at radius 1 is 1.13 bits per heavy atom. The Kier molecular flexibility index (Phi) is 2.62. The van der Waals surface area contributed by atoms with Crippen molar-refractivity contribution in [1.82, 2.24) is 9.78 Å². The number of aryl methyl sites for hydroxylation is 1. The first-order valence-electron chi connectivity index (χ1n) is 4.66. The molecule has 0 radical (unpaired) electrons. The Morgan fingerprint density at radius 3 is 1.87 bits per heavy atom. The second-order valence-electron chi connectivity index (χ2n) is 4.68. The van der Waals surface area contributed by atoms with E-state index >= 15 is 0 Å². The van der Waals surface area contributed by atoms with Crippen molar-refractivity contribution in [2.75, 3.05) is 0 Å². The van der Waals surface area contributed by atoms with Gasteiger partial charge in [0.05, 0.1) is 0 Å². The first-order chi connectivity index (χ1) is 6.55. The monoisotopic (exact) mass is 220 g/mol. The van der Waals surface area contributed by atoms with Crippen molar-refractivity contribution in [3.63, 3.8) is 0 Å². The summed E-state index contributed by atoms with van der Waals surface area (Å²) in [6, 6.07) is 0. The summed E-state index contributed by atoms with van der Waals surface area (Å²) in [5.41, 5.74) is -0.481. The lowest BCUT2D eigenvalue weighted by molar-refractivity contribution is -0.142. The molecule has 0 aliphatic rings. The maximum absolute atomic E-state index is 12.7. The maximum atomic E-state index is 12.7. The first kappa shape index (κ1) is 12.1. The number of alkyl halides is 3. The Labute approximate surface area is 87.1 Å².